The monoisotopic (exact) mass is 262 g/mol. The van der Waals surface area contributed by atoms with E-state index < -0.39 is 0 Å². The van der Waals surface area contributed by atoms with Crippen LogP contribution in [0.25, 0.3) is 0 Å². The van der Waals surface area contributed by atoms with Crippen LogP contribution in [-0.4, -0.2) is 34.3 Å². The Bertz CT molecular complexity index is 452. The van der Waals surface area contributed by atoms with Crippen LogP contribution in [-0.2, 0) is 0 Å². The van der Waals surface area contributed by atoms with Crippen LogP contribution in [0.15, 0.2) is 12.1 Å². The molecule has 0 heterocycles. The van der Waals surface area contributed by atoms with Crippen molar-refractivity contribution in [2.75, 3.05) is 39.2 Å². The third-order valence-corrected chi connectivity index (χ3v) is 4.42. The molecule has 0 unspecified atom stereocenters. The van der Waals surface area contributed by atoms with Crippen LogP contribution in [0.3, 0.4) is 0 Å². The van der Waals surface area contributed by atoms with Crippen molar-refractivity contribution in [2.24, 2.45) is 5.41 Å². The maximum atomic E-state index is 5.38. The molecule has 0 aromatic heterocycles. The van der Waals surface area contributed by atoms with Gasteiger partial charge in [0.25, 0.3) is 0 Å². The molecule has 1 fully saturated rings. The molecule has 1 aliphatic carbocycles. The van der Waals surface area contributed by atoms with Crippen LogP contribution in [0.2, 0.25) is 0 Å². The van der Waals surface area contributed by atoms with Gasteiger partial charge in [0.15, 0.2) is 0 Å². The minimum absolute atomic E-state index is 0.490. The largest absolute Gasteiger partial charge is 0.496 e. The van der Waals surface area contributed by atoms with E-state index in [2.05, 4.69) is 43.2 Å². The Morgan fingerprint density at radius 3 is 2.47 bits per heavy atom. The maximum absolute atomic E-state index is 5.38. The van der Waals surface area contributed by atoms with Crippen LogP contribution < -0.4 is 15.0 Å². The number of anilines is 1. The number of methoxy groups -OCH3 is 1. The first-order valence-corrected chi connectivity index (χ1v) is 7.03. The highest BCUT2D eigenvalue weighted by Gasteiger charge is 2.42. The summed E-state index contributed by atoms with van der Waals surface area (Å²) >= 11 is 0. The summed E-state index contributed by atoms with van der Waals surface area (Å²) in [4.78, 5) is 2.39. The molecule has 1 saturated carbocycles. The fraction of sp³-hybridized carbons (Fsp3) is 0.625. The first-order chi connectivity index (χ1) is 9.03. The second kappa shape index (κ2) is 5.41. The normalized spacial score (nSPS) is 16.3. The average Bonchev–Trinajstić information content (AvgIpc) is 3.12. The molecular weight excluding hydrogens is 236 g/mol. The molecule has 1 aliphatic rings. The van der Waals surface area contributed by atoms with E-state index in [1.807, 2.05) is 7.05 Å². The second-order valence-electron chi connectivity index (χ2n) is 5.92. The quantitative estimate of drug-likeness (QED) is 0.853. The van der Waals surface area contributed by atoms with Gasteiger partial charge in [0.05, 0.1) is 7.11 Å². The molecule has 0 spiro atoms. The van der Waals surface area contributed by atoms with E-state index in [0.717, 1.165) is 18.8 Å². The predicted octanol–water partition coefficient (Wildman–Crippen LogP) is 2.75. The van der Waals surface area contributed by atoms with E-state index in [9.17, 15) is 0 Å². The summed E-state index contributed by atoms with van der Waals surface area (Å²) in [5, 5.41) is 3.32. The van der Waals surface area contributed by atoms with Crippen LogP contribution >= 0.6 is 0 Å². The lowest BCUT2D eigenvalue weighted by atomic mass is 10.0. The van der Waals surface area contributed by atoms with Crippen molar-refractivity contribution >= 4 is 5.69 Å². The molecule has 19 heavy (non-hydrogen) atoms. The third-order valence-electron chi connectivity index (χ3n) is 4.42. The summed E-state index contributed by atoms with van der Waals surface area (Å²) in [6.07, 6.45) is 2.68. The molecule has 3 nitrogen and oxygen atoms in total. The topological polar surface area (TPSA) is 24.5 Å². The highest BCUT2D eigenvalue weighted by molar-refractivity contribution is 5.59. The lowest BCUT2D eigenvalue weighted by molar-refractivity contribution is 0.411. The van der Waals surface area contributed by atoms with E-state index >= 15 is 0 Å². The van der Waals surface area contributed by atoms with Gasteiger partial charge >= 0.3 is 0 Å². The highest BCUT2D eigenvalue weighted by Crippen LogP contribution is 2.46. The lowest BCUT2D eigenvalue weighted by Gasteiger charge is -2.28. The van der Waals surface area contributed by atoms with Crippen molar-refractivity contribution in [1.82, 2.24) is 5.32 Å². The molecule has 0 aliphatic heterocycles. The minimum atomic E-state index is 0.490. The minimum Gasteiger partial charge on any atom is -0.496 e. The van der Waals surface area contributed by atoms with Crippen LogP contribution in [0, 0.1) is 19.3 Å². The molecule has 3 heteroatoms. The summed E-state index contributed by atoms with van der Waals surface area (Å²) in [7, 11) is 5.98. The zero-order valence-corrected chi connectivity index (χ0v) is 12.8. The summed E-state index contributed by atoms with van der Waals surface area (Å²) in [5.41, 5.74) is 4.37. The SMILES string of the molecule is CNCC1(CN(C)c2ccc(OC)c(C)c2C)CC1. The van der Waals surface area contributed by atoms with Gasteiger partial charge in [-0.2, -0.15) is 0 Å². The van der Waals surface area contributed by atoms with E-state index in [0.29, 0.717) is 5.41 Å². The van der Waals surface area contributed by atoms with Crippen molar-refractivity contribution in [3.63, 3.8) is 0 Å². The molecular formula is C16H26N2O. The van der Waals surface area contributed by atoms with Gasteiger partial charge in [0.2, 0.25) is 0 Å². The molecule has 1 N–H and O–H groups in total. The third kappa shape index (κ3) is 2.86. The highest BCUT2D eigenvalue weighted by atomic mass is 16.5. The zero-order chi connectivity index (χ0) is 14.0. The van der Waals surface area contributed by atoms with Gasteiger partial charge in [-0.25, -0.2) is 0 Å². The molecule has 0 saturated heterocycles. The first-order valence-electron chi connectivity index (χ1n) is 7.03. The fourth-order valence-electron chi connectivity index (χ4n) is 2.95. The van der Waals surface area contributed by atoms with E-state index in [-0.39, 0.29) is 0 Å². The molecule has 0 amide bonds. The van der Waals surface area contributed by atoms with Gasteiger partial charge in [-0.3, -0.25) is 0 Å². The number of nitrogens with zero attached hydrogens (tertiary/aromatic N) is 1. The molecule has 1 aromatic carbocycles. The fourth-order valence-corrected chi connectivity index (χ4v) is 2.95. The van der Waals surface area contributed by atoms with Gasteiger partial charge in [-0.1, -0.05) is 0 Å². The average molecular weight is 262 g/mol. The Kier molecular flexibility index (Phi) is 4.04. The summed E-state index contributed by atoms with van der Waals surface area (Å²) in [6.45, 7) is 6.55. The number of ether oxygens (including phenoxy) is 1. The second-order valence-corrected chi connectivity index (χ2v) is 5.92. The molecule has 0 atom stereocenters. The maximum Gasteiger partial charge on any atom is 0.122 e. The molecule has 106 valence electrons. The number of nitrogens with one attached hydrogen (secondary N) is 1. The van der Waals surface area contributed by atoms with Crippen LogP contribution in [0.4, 0.5) is 5.69 Å². The smallest absolute Gasteiger partial charge is 0.122 e. The van der Waals surface area contributed by atoms with Crippen LogP contribution in [0.5, 0.6) is 5.75 Å². The Morgan fingerprint density at radius 2 is 1.95 bits per heavy atom. The number of benzene rings is 1. The van der Waals surface area contributed by atoms with Gasteiger partial charge in [0.1, 0.15) is 5.75 Å². The van der Waals surface area contributed by atoms with Crippen molar-refractivity contribution in [3.8, 4) is 5.75 Å². The van der Waals surface area contributed by atoms with Gasteiger partial charge in [0, 0.05) is 31.2 Å². The molecule has 0 bridgehead atoms. The van der Waals surface area contributed by atoms with E-state index in [4.69, 9.17) is 4.74 Å². The van der Waals surface area contributed by atoms with E-state index in [1.165, 1.54) is 29.7 Å². The summed E-state index contributed by atoms with van der Waals surface area (Å²) in [6, 6.07) is 4.25. The van der Waals surface area contributed by atoms with Crippen LogP contribution in [0.1, 0.15) is 24.0 Å². The standard InChI is InChI=1S/C16H26N2O/c1-12-13(2)15(19-5)7-6-14(12)18(4)11-16(8-9-16)10-17-3/h6-7,17H,8-11H2,1-5H3. The first kappa shape index (κ1) is 14.2. The van der Waals surface area contributed by atoms with Crippen molar-refractivity contribution in [1.29, 1.82) is 0 Å². The predicted molar refractivity (Wildman–Crippen MR) is 81.3 cm³/mol. The number of rotatable bonds is 6. The molecule has 0 radical (unpaired) electrons. The summed E-state index contributed by atoms with van der Waals surface area (Å²) in [5.74, 6) is 0.978. The molecule has 2 rings (SSSR count). The van der Waals surface area contributed by atoms with Crippen molar-refractivity contribution in [3.05, 3.63) is 23.3 Å². The summed E-state index contributed by atoms with van der Waals surface area (Å²) < 4.78 is 5.38. The Hall–Kier alpha value is -1.22. The Labute approximate surface area is 116 Å². The Morgan fingerprint density at radius 1 is 1.26 bits per heavy atom. The number of hydrogen-bond donors (Lipinski definition) is 1. The van der Waals surface area contributed by atoms with Gasteiger partial charge in [-0.15, -0.1) is 0 Å². The van der Waals surface area contributed by atoms with Crippen molar-refractivity contribution in [2.45, 2.75) is 26.7 Å². The van der Waals surface area contributed by atoms with Gasteiger partial charge in [-0.05, 0) is 57.0 Å². The van der Waals surface area contributed by atoms with Gasteiger partial charge < -0.3 is 15.0 Å². The lowest BCUT2D eigenvalue weighted by Crippen LogP contribution is -2.33. The van der Waals surface area contributed by atoms with E-state index in [1.54, 1.807) is 7.11 Å². The zero-order valence-electron chi connectivity index (χ0n) is 12.8. The Balaban J connectivity index is 2.15. The molecule has 1 aromatic rings. The van der Waals surface area contributed by atoms with Crippen molar-refractivity contribution < 1.29 is 4.74 Å². The number of hydrogen-bond acceptors (Lipinski definition) is 3.